The minimum atomic E-state index is -4.25. The van der Waals surface area contributed by atoms with E-state index in [4.69, 9.17) is 5.14 Å². The maximum atomic E-state index is 12.3. The number of carbonyl (C=O) groups excluding carboxylic acids is 1. The molecular weight excluding hydrogens is 398 g/mol. The zero-order valence-corrected chi connectivity index (χ0v) is 16.3. The first-order valence-electron chi connectivity index (χ1n) is 8.73. The Hall–Kier alpha value is -3.31. The average molecular weight is 419 g/mol. The Morgan fingerprint density at radius 2 is 1.93 bits per heavy atom. The number of nitrogens with one attached hydrogen (secondary N) is 2. The molecule has 0 saturated carbocycles. The topological polar surface area (TPSA) is 147 Å². The van der Waals surface area contributed by atoms with Crippen molar-refractivity contribution in [2.24, 2.45) is 5.14 Å². The highest BCUT2D eigenvalue weighted by Gasteiger charge is 2.23. The fraction of sp³-hybridized carbons (Fsp3) is 0.222. The second-order valence-electron chi connectivity index (χ2n) is 6.42. The van der Waals surface area contributed by atoms with E-state index in [9.17, 15) is 23.1 Å². The summed E-state index contributed by atoms with van der Waals surface area (Å²) in [5, 5.41) is 20.4. The molecular formula is C18H21N5O5S. The predicted octanol–water partition coefficient (Wildman–Crippen LogP) is 0.0111. The molecule has 1 aromatic heterocycles. The molecule has 0 spiro atoms. The summed E-state index contributed by atoms with van der Waals surface area (Å²) < 4.78 is 23.7. The number of nitrogens with two attached hydrogens (primary N) is 1. The minimum absolute atomic E-state index is 0.179. The van der Waals surface area contributed by atoms with Crippen LogP contribution in [0.3, 0.4) is 0 Å². The smallest absolute Gasteiger partial charge is 0.354 e. The lowest BCUT2D eigenvalue weighted by atomic mass is 10.0. The van der Waals surface area contributed by atoms with Crippen molar-refractivity contribution < 1.29 is 23.1 Å². The van der Waals surface area contributed by atoms with Crippen molar-refractivity contribution in [3.63, 3.8) is 0 Å². The Kier molecular flexibility index (Phi) is 5.62. The van der Waals surface area contributed by atoms with E-state index < -0.39 is 21.9 Å². The number of carboxylic acids is 1. The molecule has 0 atom stereocenters. The third kappa shape index (κ3) is 4.41. The maximum absolute atomic E-state index is 12.3. The highest BCUT2D eigenvalue weighted by atomic mass is 32.2. The largest absolute Gasteiger partial charge is 0.477 e. The first-order valence-corrected chi connectivity index (χ1v) is 10.2. The van der Waals surface area contributed by atoms with Gasteiger partial charge in [0.2, 0.25) is 0 Å². The molecule has 2 aromatic rings. The van der Waals surface area contributed by atoms with Crippen LogP contribution in [-0.2, 0) is 10.2 Å². The summed E-state index contributed by atoms with van der Waals surface area (Å²) in [4.78, 5) is 25.9. The summed E-state index contributed by atoms with van der Waals surface area (Å²) in [6.45, 7) is 6.64. The third-order valence-electron chi connectivity index (χ3n) is 4.55. The second-order valence-corrected chi connectivity index (χ2v) is 7.84. The number of hydrogen-bond donors (Lipinski definition) is 4. The van der Waals surface area contributed by atoms with Crippen LogP contribution in [-0.4, -0.2) is 60.5 Å². The van der Waals surface area contributed by atoms with Gasteiger partial charge in [0.25, 0.3) is 5.91 Å². The number of hydrogen-bond acceptors (Lipinski definition) is 6. The normalized spacial score (nSPS) is 14.0. The molecule has 1 saturated heterocycles. The number of carbonyl (C=O) groups is 2. The van der Waals surface area contributed by atoms with Gasteiger partial charge in [0.05, 0.1) is 5.82 Å². The first kappa shape index (κ1) is 20.4. The summed E-state index contributed by atoms with van der Waals surface area (Å²) in [7, 11) is -4.25. The van der Waals surface area contributed by atoms with Crippen LogP contribution in [0.2, 0.25) is 0 Å². The number of aromatic nitrogens is 1. The number of rotatable bonds is 7. The monoisotopic (exact) mass is 419 g/mol. The van der Waals surface area contributed by atoms with E-state index in [1.807, 2.05) is 4.90 Å². The van der Waals surface area contributed by atoms with Crippen molar-refractivity contribution >= 4 is 22.1 Å². The number of aromatic carboxylic acids is 1. The SMILES string of the molecule is C=C1NCCN1CCNC(=O)c1ccc(-c2ccn(S(N)(=O)=O)c2C(=O)O)cc1. The van der Waals surface area contributed by atoms with Gasteiger partial charge < -0.3 is 20.6 Å². The number of benzene rings is 1. The van der Waals surface area contributed by atoms with Crippen LogP contribution in [0.15, 0.2) is 48.9 Å². The number of nitrogens with zero attached hydrogens (tertiary/aromatic N) is 2. The predicted molar refractivity (Wildman–Crippen MR) is 106 cm³/mol. The van der Waals surface area contributed by atoms with Crippen molar-refractivity contribution in [3.05, 3.63) is 60.2 Å². The zero-order valence-electron chi connectivity index (χ0n) is 15.5. The third-order valence-corrected chi connectivity index (χ3v) is 5.40. The first-order chi connectivity index (χ1) is 13.7. The Labute approximate surface area is 167 Å². The van der Waals surface area contributed by atoms with Gasteiger partial charge in [-0.1, -0.05) is 18.7 Å². The number of carboxylic acid groups (broad SMARTS) is 1. The summed E-state index contributed by atoms with van der Waals surface area (Å²) in [6, 6.07) is 7.54. The minimum Gasteiger partial charge on any atom is -0.477 e. The Morgan fingerprint density at radius 3 is 2.48 bits per heavy atom. The highest BCUT2D eigenvalue weighted by Crippen LogP contribution is 2.26. The van der Waals surface area contributed by atoms with Crippen molar-refractivity contribution in [1.29, 1.82) is 0 Å². The summed E-state index contributed by atoms with van der Waals surface area (Å²) in [5.74, 6) is -0.863. The van der Waals surface area contributed by atoms with Gasteiger partial charge in [-0.3, -0.25) is 4.79 Å². The van der Waals surface area contributed by atoms with Gasteiger partial charge in [0.1, 0.15) is 0 Å². The maximum Gasteiger partial charge on any atom is 0.354 e. The van der Waals surface area contributed by atoms with E-state index in [2.05, 4.69) is 17.2 Å². The van der Waals surface area contributed by atoms with Gasteiger partial charge in [0.15, 0.2) is 5.69 Å². The molecule has 0 radical (unpaired) electrons. The summed E-state index contributed by atoms with van der Waals surface area (Å²) >= 11 is 0. The Bertz CT molecular complexity index is 1060. The van der Waals surface area contributed by atoms with E-state index in [0.29, 0.717) is 28.2 Å². The molecule has 1 fully saturated rings. The van der Waals surface area contributed by atoms with Crippen molar-refractivity contribution in [2.45, 2.75) is 0 Å². The Morgan fingerprint density at radius 1 is 1.24 bits per heavy atom. The van der Waals surface area contributed by atoms with Crippen LogP contribution in [0.1, 0.15) is 20.8 Å². The molecule has 154 valence electrons. The summed E-state index contributed by atoms with van der Waals surface area (Å²) in [6.07, 6.45) is 1.08. The zero-order chi connectivity index (χ0) is 21.2. The fourth-order valence-electron chi connectivity index (χ4n) is 3.11. The van der Waals surface area contributed by atoms with Crippen molar-refractivity contribution in [2.75, 3.05) is 26.2 Å². The molecule has 11 heteroatoms. The average Bonchev–Trinajstić information content (AvgIpc) is 3.28. The van der Waals surface area contributed by atoms with E-state index in [1.54, 1.807) is 24.3 Å². The lowest BCUT2D eigenvalue weighted by Crippen LogP contribution is -2.33. The summed E-state index contributed by atoms with van der Waals surface area (Å²) in [5.41, 5.74) is 0.554. The molecule has 1 aromatic carbocycles. The van der Waals surface area contributed by atoms with Crippen molar-refractivity contribution in [1.82, 2.24) is 19.5 Å². The fourth-order valence-corrected chi connectivity index (χ4v) is 3.77. The lowest BCUT2D eigenvalue weighted by molar-refractivity contribution is 0.0690. The molecule has 29 heavy (non-hydrogen) atoms. The molecule has 1 aliphatic rings. The molecule has 0 bridgehead atoms. The lowest BCUT2D eigenvalue weighted by Gasteiger charge is -2.17. The molecule has 1 amide bonds. The van der Waals surface area contributed by atoms with E-state index in [0.717, 1.165) is 25.1 Å². The van der Waals surface area contributed by atoms with Gasteiger partial charge in [-0.05, 0) is 23.8 Å². The van der Waals surface area contributed by atoms with Gasteiger partial charge in [-0.25, -0.2) is 13.9 Å². The van der Waals surface area contributed by atoms with Crippen LogP contribution in [0, 0.1) is 0 Å². The van der Waals surface area contributed by atoms with Gasteiger partial charge in [0, 0.05) is 43.5 Å². The van der Waals surface area contributed by atoms with Crippen LogP contribution < -0.4 is 15.8 Å². The van der Waals surface area contributed by atoms with Crippen LogP contribution in [0.5, 0.6) is 0 Å². The molecule has 1 aliphatic heterocycles. The second kappa shape index (κ2) is 7.97. The van der Waals surface area contributed by atoms with Gasteiger partial charge in [-0.2, -0.15) is 8.42 Å². The van der Waals surface area contributed by atoms with E-state index in [1.165, 1.54) is 6.07 Å². The highest BCUT2D eigenvalue weighted by molar-refractivity contribution is 7.87. The van der Waals surface area contributed by atoms with Gasteiger partial charge in [-0.15, -0.1) is 0 Å². The molecule has 0 aliphatic carbocycles. The quantitative estimate of drug-likeness (QED) is 0.494. The molecule has 5 N–H and O–H groups in total. The standard InChI is InChI=1S/C18H21N5O5S/c1-12-20-7-10-22(12)11-8-21-17(24)14-4-2-13(3-5-14)15-6-9-23(29(19,27)28)16(15)18(25)26/h2-6,9,20H,1,7-8,10-11H2,(H,21,24)(H,25,26)(H2,19,27,28). The van der Waals surface area contributed by atoms with Gasteiger partial charge >= 0.3 is 16.2 Å². The van der Waals surface area contributed by atoms with Crippen molar-refractivity contribution in [3.8, 4) is 11.1 Å². The van der Waals surface area contributed by atoms with Crippen LogP contribution >= 0.6 is 0 Å². The Balaban J connectivity index is 1.72. The molecule has 10 nitrogen and oxygen atoms in total. The van der Waals surface area contributed by atoms with Crippen LogP contribution in [0.25, 0.3) is 11.1 Å². The number of amides is 1. The molecule has 3 rings (SSSR count). The van der Waals surface area contributed by atoms with Crippen LogP contribution in [0.4, 0.5) is 0 Å². The molecule has 2 heterocycles. The van der Waals surface area contributed by atoms with E-state index in [-0.39, 0.29) is 11.5 Å². The molecule has 0 unspecified atom stereocenters. The van der Waals surface area contributed by atoms with E-state index >= 15 is 0 Å².